The van der Waals surface area contributed by atoms with Crippen molar-refractivity contribution < 1.29 is 19.0 Å². The van der Waals surface area contributed by atoms with E-state index in [1.807, 2.05) is 59.5 Å². The van der Waals surface area contributed by atoms with E-state index in [1.54, 1.807) is 14.2 Å². The smallest absolute Gasteiger partial charge is 0.227 e. The van der Waals surface area contributed by atoms with Crippen molar-refractivity contribution in [1.29, 1.82) is 0 Å². The van der Waals surface area contributed by atoms with E-state index >= 15 is 0 Å². The van der Waals surface area contributed by atoms with Crippen molar-refractivity contribution in [3.8, 4) is 17.2 Å². The maximum Gasteiger partial charge on any atom is 0.227 e. The van der Waals surface area contributed by atoms with Crippen molar-refractivity contribution in [2.75, 3.05) is 27.4 Å². The zero-order valence-corrected chi connectivity index (χ0v) is 19.5. The Morgan fingerprint density at radius 2 is 1.64 bits per heavy atom. The molecule has 0 bridgehead atoms. The molecule has 1 aliphatic rings. The molecule has 3 aromatic rings. The lowest BCUT2D eigenvalue weighted by Crippen LogP contribution is -2.43. The van der Waals surface area contributed by atoms with Crippen LogP contribution in [-0.2, 0) is 24.1 Å². The van der Waals surface area contributed by atoms with E-state index in [4.69, 9.17) is 14.2 Å². The van der Waals surface area contributed by atoms with Gasteiger partial charge in [-0.25, -0.2) is 0 Å². The summed E-state index contributed by atoms with van der Waals surface area (Å²) in [6.07, 6.45) is 2.11. The number of nitrogens with zero attached hydrogens (tertiary/aromatic N) is 1. The molecule has 1 heterocycles. The number of benzene rings is 3. The van der Waals surface area contributed by atoms with Crippen molar-refractivity contribution in [3.05, 3.63) is 89.0 Å². The van der Waals surface area contributed by atoms with Crippen LogP contribution in [0.25, 0.3) is 0 Å². The highest BCUT2D eigenvalue weighted by molar-refractivity contribution is 5.79. The second-order valence-electron chi connectivity index (χ2n) is 8.23. The second-order valence-corrected chi connectivity index (χ2v) is 8.23. The average Bonchev–Trinajstić information content (AvgIpc) is 2.87. The highest BCUT2D eigenvalue weighted by Crippen LogP contribution is 2.38. The normalized spacial score (nSPS) is 15.0. The summed E-state index contributed by atoms with van der Waals surface area (Å²) in [6, 6.07) is 21.8. The van der Waals surface area contributed by atoms with E-state index in [0.29, 0.717) is 31.1 Å². The Labute approximate surface area is 195 Å². The molecule has 4 rings (SSSR count). The molecule has 0 aromatic heterocycles. The van der Waals surface area contributed by atoms with Gasteiger partial charge in [-0.3, -0.25) is 4.79 Å². The van der Waals surface area contributed by atoms with Crippen molar-refractivity contribution in [2.45, 2.75) is 32.2 Å². The number of hydrogen-bond acceptors (Lipinski definition) is 4. The highest BCUT2D eigenvalue weighted by Gasteiger charge is 2.32. The van der Waals surface area contributed by atoms with Crippen LogP contribution in [0.2, 0.25) is 0 Å². The minimum Gasteiger partial charge on any atom is -0.493 e. The molecule has 0 aliphatic carbocycles. The van der Waals surface area contributed by atoms with Gasteiger partial charge in [-0.15, -0.1) is 0 Å². The van der Waals surface area contributed by atoms with Gasteiger partial charge in [0, 0.05) is 6.54 Å². The fraction of sp³-hybridized carbons (Fsp3) is 0.321. The third-order valence-corrected chi connectivity index (χ3v) is 6.26. The maximum absolute atomic E-state index is 13.4. The van der Waals surface area contributed by atoms with Crippen LogP contribution in [0, 0.1) is 0 Å². The maximum atomic E-state index is 13.4. The van der Waals surface area contributed by atoms with Crippen molar-refractivity contribution in [3.63, 3.8) is 0 Å². The molecule has 1 amide bonds. The van der Waals surface area contributed by atoms with Crippen LogP contribution in [-0.4, -0.2) is 38.2 Å². The molecule has 0 saturated heterocycles. The molecule has 5 nitrogen and oxygen atoms in total. The number of methoxy groups -OCH3 is 2. The highest BCUT2D eigenvalue weighted by atomic mass is 16.5. The molecule has 5 heteroatoms. The van der Waals surface area contributed by atoms with Crippen molar-refractivity contribution in [2.24, 2.45) is 0 Å². The van der Waals surface area contributed by atoms with E-state index < -0.39 is 0 Å². The Hall–Kier alpha value is -3.47. The molecular formula is C28H31NO4. The number of carbonyl (C=O) groups excluding carboxylic acids is 1. The molecule has 0 fully saturated rings. The minimum atomic E-state index is -0.212. The van der Waals surface area contributed by atoms with E-state index in [1.165, 1.54) is 5.56 Å². The topological polar surface area (TPSA) is 48.0 Å². The van der Waals surface area contributed by atoms with Gasteiger partial charge < -0.3 is 19.1 Å². The van der Waals surface area contributed by atoms with Crippen LogP contribution >= 0.6 is 0 Å². The summed E-state index contributed by atoms with van der Waals surface area (Å²) in [6.45, 7) is 3.14. The summed E-state index contributed by atoms with van der Waals surface area (Å²) >= 11 is 0. The Morgan fingerprint density at radius 1 is 0.939 bits per heavy atom. The number of fused-ring (bicyclic) bond motifs is 1. The summed E-state index contributed by atoms with van der Waals surface area (Å²) in [7, 11) is 3.27. The zero-order chi connectivity index (χ0) is 23.2. The molecule has 33 heavy (non-hydrogen) atoms. The largest absolute Gasteiger partial charge is 0.493 e. The van der Waals surface area contributed by atoms with Crippen molar-refractivity contribution >= 4 is 5.91 Å². The van der Waals surface area contributed by atoms with E-state index in [9.17, 15) is 4.79 Å². The lowest BCUT2D eigenvalue weighted by molar-refractivity contribution is -0.134. The first-order valence-corrected chi connectivity index (χ1v) is 11.4. The monoisotopic (exact) mass is 445 g/mol. The lowest BCUT2D eigenvalue weighted by Gasteiger charge is -2.37. The molecule has 1 atom stereocenters. The van der Waals surface area contributed by atoms with Crippen LogP contribution < -0.4 is 14.2 Å². The summed E-state index contributed by atoms with van der Waals surface area (Å²) in [4.78, 5) is 15.3. The van der Waals surface area contributed by atoms with Crippen LogP contribution in [0.5, 0.6) is 17.2 Å². The van der Waals surface area contributed by atoms with Gasteiger partial charge in [0.25, 0.3) is 0 Å². The summed E-state index contributed by atoms with van der Waals surface area (Å²) in [5.74, 6) is 2.26. The molecule has 0 saturated carbocycles. The summed E-state index contributed by atoms with van der Waals surface area (Å²) < 4.78 is 17.3. The third kappa shape index (κ3) is 5.14. The summed E-state index contributed by atoms with van der Waals surface area (Å²) in [5, 5.41) is 0. The van der Waals surface area contributed by atoms with Gasteiger partial charge in [0.2, 0.25) is 5.91 Å². The lowest BCUT2D eigenvalue weighted by atomic mass is 9.91. The van der Waals surface area contributed by atoms with Gasteiger partial charge in [-0.2, -0.15) is 0 Å². The fourth-order valence-electron chi connectivity index (χ4n) is 4.37. The average molecular weight is 446 g/mol. The molecule has 1 aliphatic heterocycles. The first kappa shape index (κ1) is 22.7. The number of rotatable bonds is 8. The van der Waals surface area contributed by atoms with Gasteiger partial charge >= 0.3 is 0 Å². The Balaban J connectivity index is 1.63. The number of hydrogen-bond donors (Lipinski definition) is 0. The van der Waals surface area contributed by atoms with Gasteiger partial charge in [0.15, 0.2) is 11.5 Å². The third-order valence-electron chi connectivity index (χ3n) is 6.26. The summed E-state index contributed by atoms with van der Waals surface area (Å²) in [5.41, 5.74) is 4.48. The first-order valence-electron chi connectivity index (χ1n) is 11.4. The SMILES string of the molecule is CCc1ccc(OC[C@H]2c3cc(OC)c(OC)cc3CCN2C(=O)Cc2ccccc2)cc1. The van der Waals surface area contributed by atoms with Gasteiger partial charge in [0.05, 0.1) is 26.7 Å². The fourth-order valence-corrected chi connectivity index (χ4v) is 4.37. The molecule has 0 unspecified atom stereocenters. The molecule has 0 radical (unpaired) electrons. The Bertz CT molecular complexity index is 1080. The molecular weight excluding hydrogens is 414 g/mol. The number of carbonyl (C=O) groups is 1. The van der Waals surface area contributed by atoms with Gasteiger partial charge in [-0.05, 0) is 59.4 Å². The quantitative estimate of drug-likeness (QED) is 0.489. The first-order chi connectivity index (χ1) is 16.1. The zero-order valence-electron chi connectivity index (χ0n) is 19.5. The molecule has 0 spiro atoms. The number of aryl methyl sites for hydroxylation is 1. The van der Waals surface area contributed by atoms with Crippen LogP contribution in [0.3, 0.4) is 0 Å². The molecule has 0 N–H and O–H groups in total. The Kier molecular flexibility index (Phi) is 7.18. The molecule has 3 aromatic carbocycles. The van der Waals surface area contributed by atoms with Gasteiger partial charge in [-0.1, -0.05) is 49.4 Å². The second kappa shape index (κ2) is 10.4. The van der Waals surface area contributed by atoms with Crippen molar-refractivity contribution in [1.82, 2.24) is 4.90 Å². The number of amides is 1. The number of ether oxygens (including phenoxy) is 3. The Morgan fingerprint density at radius 3 is 2.30 bits per heavy atom. The van der Waals surface area contributed by atoms with Gasteiger partial charge in [0.1, 0.15) is 12.4 Å². The van der Waals surface area contributed by atoms with Crippen LogP contribution in [0.4, 0.5) is 0 Å². The van der Waals surface area contributed by atoms with Crippen LogP contribution in [0.1, 0.15) is 35.2 Å². The van der Waals surface area contributed by atoms with Crippen LogP contribution in [0.15, 0.2) is 66.7 Å². The minimum absolute atomic E-state index is 0.0940. The predicted molar refractivity (Wildman–Crippen MR) is 129 cm³/mol. The van der Waals surface area contributed by atoms with E-state index in [0.717, 1.165) is 35.3 Å². The van der Waals surface area contributed by atoms with E-state index in [2.05, 4.69) is 19.1 Å². The predicted octanol–water partition coefficient (Wildman–Crippen LogP) is 5.01. The molecule has 172 valence electrons. The standard InChI is InChI=1S/C28H31NO4/c1-4-20-10-12-23(13-11-20)33-19-25-24-18-27(32-3)26(31-2)17-22(24)14-15-29(25)28(30)16-21-8-6-5-7-9-21/h5-13,17-18,25H,4,14-16,19H2,1-3H3/t25-/m0/s1. The van der Waals surface area contributed by atoms with E-state index in [-0.39, 0.29) is 11.9 Å².